The van der Waals surface area contributed by atoms with Crippen molar-refractivity contribution >= 4 is 21.6 Å². The molecule has 14 heavy (non-hydrogen) atoms. The third kappa shape index (κ3) is 1.34. The van der Waals surface area contributed by atoms with E-state index in [4.69, 9.17) is 5.11 Å². The lowest BCUT2D eigenvalue weighted by molar-refractivity contribution is 0.274. The van der Waals surface area contributed by atoms with Gasteiger partial charge in [0.25, 0.3) is 5.56 Å². The molecule has 0 fully saturated rings. The minimum Gasteiger partial charge on any atom is -0.395 e. The van der Waals surface area contributed by atoms with Gasteiger partial charge in [0.2, 0.25) is 0 Å². The van der Waals surface area contributed by atoms with E-state index in [9.17, 15) is 4.79 Å². The van der Waals surface area contributed by atoms with E-state index in [0.717, 1.165) is 11.1 Å². The quantitative estimate of drug-likeness (QED) is 0.796. The average molecular weight is 210 g/mol. The van der Waals surface area contributed by atoms with Crippen LogP contribution in [-0.4, -0.2) is 21.3 Å². The smallest absolute Gasteiger partial charge is 0.271 e. The number of aliphatic hydroxyl groups is 1. The molecule has 0 bridgehead atoms. The molecule has 1 N–H and O–H groups in total. The minimum absolute atomic E-state index is 0.0442. The maximum Gasteiger partial charge on any atom is 0.271 e. The molecular weight excluding hydrogens is 200 g/mol. The number of hydrogen-bond acceptors (Lipinski definition) is 4. The van der Waals surface area contributed by atoms with Crippen LogP contribution in [0.2, 0.25) is 0 Å². The van der Waals surface area contributed by atoms with Crippen LogP contribution in [0.1, 0.15) is 5.56 Å². The minimum atomic E-state index is -0.0675. The molecule has 2 heterocycles. The first-order valence-electron chi connectivity index (χ1n) is 4.28. The Balaban J connectivity index is 2.70. The number of aliphatic hydroxyl groups excluding tert-OH is 1. The molecule has 0 unspecified atom stereocenters. The van der Waals surface area contributed by atoms with Gasteiger partial charge in [0.1, 0.15) is 4.70 Å². The Hall–Kier alpha value is -1.20. The van der Waals surface area contributed by atoms with E-state index in [1.165, 1.54) is 22.2 Å². The molecule has 0 aliphatic rings. The van der Waals surface area contributed by atoms with Crippen LogP contribution in [0.5, 0.6) is 0 Å². The SMILES string of the molecule is Cc1csc2c(=O)n(CCO)cnc12. The van der Waals surface area contributed by atoms with Crippen molar-refractivity contribution in [1.82, 2.24) is 9.55 Å². The van der Waals surface area contributed by atoms with Crippen LogP contribution in [0.3, 0.4) is 0 Å². The monoisotopic (exact) mass is 210 g/mol. The van der Waals surface area contributed by atoms with Crippen LogP contribution in [0.4, 0.5) is 0 Å². The second-order valence-corrected chi connectivity index (χ2v) is 3.94. The van der Waals surface area contributed by atoms with E-state index in [2.05, 4.69) is 4.98 Å². The van der Waals surface area contributed by atoms with Crippen molar-refractivity contribution in [3.8, 4) is 0 Å². The zero-order chi connectivity index (χ0) is 10.1. The lowest BCUT2D eigenvalue weighted by Crippen LogP contribution is -2.21. The van der Waals surface area contributed by atoms with Crippen molar-refractivity contribution in [3.63, 3.8) is 0 Å². The fraction of sp³-hybridized carbons (Fsp3) is 0.333. The lowest BCUT2D eigenvalue weighted by Gasteiger charge is -2.01. The predicted octanol–water partition coefficient (Wildman–Crippen LogP) is 0.759. The first kappa shape index (κ1) is 9.36. The fourth-order valence-electron chi connectivity index (χ4n) is 1.33. The Morgan fingerprint density at radius 2 is 2.43 bits per heavy atom. The number of rotatable bonds is 2. The molecule has 2 rings (SSSR count). The molecule has 0 saturated carbocycles. The van der Waals surface area contributed by atoms with Gasteiger partial charge in [0.15, 0.2) is 0 Å². The molecule has 4 nitrogen and oxygen atoms in total. The Morgan fingerprint density at radius 3 is 3.14 bits per heavy atom. The first-order valence-corrected chi connectivity index (χ1v) is 5.16. The summed E-state index contributed by atoms with van der Waals surface area (Å²) < 4.78 is 2.09. The van der Waals surface area contributed by atoms with Crippen molar-refractivity contribution in [2.45, 2.75) is 13.5 Å². The summed E-state index contributed by atoms with van der Waals surface area (Å²) in [6.45, 7) is 2.19. The summed E-state index contributed by atoms with van der Waals surface area (Å²) in [7, 11) is 0. The summed E-state index contributed by atoms with van der Waals surface area (Å²) in [5.41, 5.74) is 1.73. The molecule has 5 heteroatoms. The fourth-order valence-corrected chi connectivity index (χ4v) is 2.28. The van der Waals surface area contributed by atoms with Crippen molar-refractivity contribution < 1.29 is 5.11 Å². The summed E-state index contributed by atoms with van der Waals surface area (Å²) in [4.78, 5) is 15.9. The molecule has 0 radical (unpaired) electrons. The highest BCUT2D eigenvalue weighted by Crippen LogP contribution is 2.18. The molecule has 0 aromatic carbocycles. The van der Waals surface area contributed by atoms with E-state index in [-0.39, 0.29) is 12.2 Å². The molecule has 2 aromatic rings. The highest BCUT2D eigenvalue weighted by atomic mass is 32.1. The summed E-state index contributed by atoms with van der Waals surface area (Å²) in [6, 6.07) is 0. The Morgan fingerprint density at radius 1 is 1.64 bits per heavy atom. The molecule has 0 aliphatic carbocycles. The first-order chi connectivity index (χ1) is 6.74. The van der Waals surface area contributed by atoms with Crippen LogP contribution in [0.15, 0.2) is 16.5 Å². The van der Waals surface area contributed by atoms with Gasteiger partial charge in [0.05, 0.1) is 25.0 Å². The normalized spacial score (nSPS) is 11.0. The summed E-state index contributed by atoms with van der Waals surface area (Å²) in [5.74, 6) is 0. The number of fused-ring (bicyclic) bond motifs is 1. The Labute approximate surface area is 84.5 Å². The van der Waals surface area contributed by atoms with Crippen molar-refractivity contribution in [1.29, 1.82) is 0 Å². The maximum atomic E-state index is 11.8. The molecule has 0 aliphatic heterocycles. The molecule has 0 amide bonds. The van der Waals surface area contributed by atoms with Gasteiger partial charge >= 0.3 is 0 Å². The second kappa shape index (κ2) is 3.51. The van der Waals surface area contributed by atoms with Crippen molar-refractivity contribution in [3.05, 3.63) is 27.6 Å². The number of aryl methyl sites for hydroxylation is 1. The Bertz CT molecular complexity index is 515. The van der Waals surface area contributed by atoms with E-state index in [1.54, 1.807) is 0 Å². The van der Waals surface area contributed by atoms with Gasteiger partial charge in [-0.2, -0.15) is 0 Å². The van der Waals surface area contributed by atoms with E-state index < -0.39 is 0 Å². The number of nitrogens with zero attached hydrogens (tertiary/aromatic N) is 2. The van der Waals surface area contributed by atoms with Gasteiger partial charge in [-0.25, -0.2) is 4.98 Å². The van der Waals surface area contributed by atoms with Gasteiger partial charge in [-0.05, 0) is 17.9 Å². The van der Waals surface area contributed by atoms with E-state index in [0.29, 0.717) is 11.2 Å². The third-order valence-electron chi connectivity index (χ3n) is 2.06. The van der Waals surface area contributed by atoms with Gasteiger partial charge in [-0.3, -0.25) is 9.36 Å². The van der Waals surface area contributed by atoms with Gasteiger partial charge in [-0.15, -0.1) is 11.3 Å². The summed E-state index contributed by atoms with van der Waals surface area (Å²) in [5, 5.41) is 10.7. The van der Waals surface area contributed by atoms with Gasteiger partial charge < -0.3 is 5.11 Å². The summed E-state index contributed by atoms with van der Waals surface area (Å²) >= 11 is 1.40. The zero-order valence-corrected chi connectivity index (χ0v) is 8.54. The maximum absolute atomic E-state index is 11.8. The van der Waals surface area contributed by atoms with Crippen molar-refractivity contribution in [2.24, 2.45) is 0 Å². The van der Waals surface area contributed by atoms with Crippen LogP contribution in [0, 0.1) is 6.92 Å². The van der Waals surface area contributed by atoms with Crippen molar-refractivity contribution in [2.75, 3.05) is 6.61 Å². The van der Waals surface area contributed by atoms with Crippen LogP contribution < -0.4 is 5.56 Å². The largest absolute Gasteiger partial charge is 0.395 e. The van der Waals surface area contributed by atoms with E-state index >= 15 is 0 Å². The zero-order valence-electron chi connectivity index (χ0n) is 7.73. The molecular formula is C9H10N2O2S. The number of hydrogen-bond donors (Lipinski definition) is 1. The standard InChI is InChI=1S/C9H10N2O2S/c1-6-4-14-8-7(6)10-5-11(2-3-12)9(8)13/h4-5,12H,2-3H2,1H3. The summed E-state index contributed by atoms with van der Waals surface area (Å²) in [6.07, 6.45) is 1.49. The molecule has 0 spiro atoms. The predicted molar refractivity (Wildman–Crippen MR) is 55.7 cm³/mol. The van der Waals surface area contributed by atoms with Crippen LogP contribution >= 0.6 is 11.3 Å². The third-order valence-corrected chi connectivity index (χ3v) is 3.14. The Kier molecular flexibility index (Phi) is 2.35. The van der Waals surface area contributed by atoms with E-state index in [1.807, 2.05) is 12.3 Å². The highest BCUT2D eigenvalue weighted by Gasteiger charge is 2.07. The molecule has 2 aromatic heterocycles. The average Bonchev–Trinajstić information content (AvgIpc) is 2.54. The topological polar surface area (TPSA) is 55.1 Å². The number of aromatic nitrogens is 2. The highest BCUT2D eigenvalue weighted by molar-refractivity contribution is 7.17. The van der Waals surface area contributed by atoms with Gasteiger partial charge in [0, 0.05) is 0 Å². The second-order valence-electron chi connectivity index (χ2n) is 3.06. The molecule has 0 saturated heterocycles. The molecule has 0 atom stereocenters. The van der Waals surface area contributed by atoms with Crippen LogP contribution in [-0.2, 0) is 6.54 Å². The number of thiophene rings is 1. The lowest BCUT2D eigenvalue weighted by atomic mass is 10.3. The van der Waals surface area contributed by atoms with Crippen LogP contribution in [0.25, 0.3) is 10.2 Å². The molecule has 74 valence electrons. The van der Waals surface area contributed by atoms with Gasteiger partial charge in [-0.1, -0.05) is 0 Å².